The number of rotatable bonds is 2. The zero-order valence-electron chi connectivity index (χ0n) is 6.42. The van der Waals surface area contributed by atoms with Crippen molar-refractivity contribution in [1.29, 1.82) is 0 Å². The van der Waals surface area contributed by atoms with Crippen LogP contribution < -0.4 is 0 Å². The lowest BCUT2D eigenvalue weighted by molar-refractivity contribution is -0.0790. The molecule has 1 aromatic rings. The molecule has 66 valence electrons. The van der Waals surface area contributed by atoms with E-state index in [1.165, 1.54) is 7.11 Å². The van der Waals surface area contributed by atoms with Crippen molar-refractivity contribution >= 4 is 0 Å². The molecule has 0 amide bonds. The minimum atomic E-state index is -1.34. The molecule has 0 aliphatic carbocycles. The van der Waals surface area contributed by atoms with Crippen LogP contribution in [0.1, 0.15) is 11.9 Å². The standard InChI is InChI=1S/C8H8F2O2/c1-12-8(11)6-3-2-5(9)4-7(6)10/h2-4,8,11H,1H3. The molecule has 0 fully saturated rings. The van der Waals surface area contributed by atoms with Gasteiger partial charge in [0.1, 0.15) is 11.6 Å². The summed E-state index contributed by atoms with van der Waals surface area (Å²) in [4.78, 5) is 0. The van der Waals surface area contributed by atoms with Gasteiger partial charge in [0, 0.05) is 18.7 Å². The zero-order valence-corrected chi connectivity index (χ0v) is 6.42. The normalized spacial score (nSPS) is 13.0. The molecule has 1 atom stereocenters. The molecule has 0 bridgehead atoms. The van der Waals surface area contributed by atoms with E-state index in [1.54, 1.807) is 0 Å². The Balaban J connectivity index is 3.01. The van der Waals surface area contributed by atoms with Gasteiger partial charge in [-0.25, -0.2) is 8.78 Å². The predicted molar refractivity (Wildman–Crippen MR) is 38.3 cm³/mol. The SMILES string of the molecule is COC(O)c1ccc(F)cc1F. The molecular weight excluding hydrogens is 166 g/mol. The molecule has 0 aliphatic heterocycles. The van der Waals surface area contributed by atoms with Crippen molar-refractivity contribution in [3.8, 4) is 0 Å². The Hall–Kier alpha value is -1.00. The van der Waals surface area contributed by atoms with Gasteiger partial charge in [-0.1, -0.05) is 0 Å². The highest BCUT2D eigenvalue weighted by molar-refractivity contribution is 5.19. The smallest absolute Gasteiger partial charge is 0.183 e. The summed E-state index contributed by atoms with van der Waals surface area (Å²) in [6, 6.07) is 2.89. The van der Waals surface area contributed by atoms with Crippen LogP contribution in [-0.4, -0.2) is 12.2 Å². The van der Waals surface area contributed by atoms with Gasteiger partial charge < -0.3 is 9.84 Å². The van der Waals surface area contributed by atoms with Crippen molar-refractivity contribution in [2.45, 2.75) is 6.29 Å². The van der Waals surface area contributed by atoms with Crippen LogP contribution in [-0.2, 0) is 4.74 Å². The predicted octanol–water partition coefficient (Wildman–Crippen LogP) is 1.60. The average Bonchev–Trinajstić information content (AvgIpc) is 2.03. The van der Waals surface area contributed by atoms with E-state index >= 15 is 0 Å². The third-order valence-electron chi connectivity index (χ3n) is 1.45. The first-order chi connectivity index (χ1) is 5.65. The fourth-order valence-electron chi connectivity index (χ4n) is 0.829. The average molecular weight is 174 g/mol. The van der Waals surface area contributed by atoms with Gasteiger partial charge in [0.25, 0.3) is 0 Å². The zero-order chi connectivity index (χ0) is 9.14. The van der Waals surface area contributed by atoms with Crippen LogP contribution in [0.5, 0.6) is 0 Å². The van der Waals surface area contributed by atoms with Gasteiger partial charge in [0.05, 0.1) is 0 Å². The van der Waals surface area contributed by atoms with Crippen LogP contribution in [0.25, 0.3) is 0 Å². The second kappa shape index (κ2) is 3.60. The van der Waals surface area contributed by atoms with Gasteiger partial charge >= 0.3 is 0 Å². The van der Waals surface area contributed by atoms with Crippen LogP contribution in [0.3, 0.4) is 0 Å². The summed E-state index contributed by atoms with van der Waals surface area (Å²) in [5.41, 5.74) is -0.0705. The lowest BCUT2D eigenvalue weighted by atomic mass is 10.2. The van der Waals surface area contributed by atoms with E-state index in [0.717, 1.165) is 12.1 Å². The molecule has 1 N–H and O–H groups in total. The fourth-order valence-corrected chi connectivity index (χ4v) is 0.829. The van der Waals surface area contributed by atoms with Crippen molar-refractivity contribution in [3.63, 3.8) is 0 Å². The largest absolute Gasteiger partial charge is 0.364 e. The highest BCUT2D eigenvalue weighted by Gasteiger charge is 2.11. The maximum absolute atomic E-state index is 12.8. The van der Waals surface area contributed by atoms with E-state index in [2.05, 4.69) is 4.74 Å². The Morgan fingerprint density at radius 2 is 2.08 bits per heavy atom. The summed E-state index contributed by atoms with van der Waals surface area (Å²) >= 11 is 0. The molecule has 0 saturated carbocycles. The first-order valence-corrected chi connectivity index (χ1v) is 3.31. The second-order valence-corrected chi connectivity index (χ2v) is 2.25. The van der Waals surface area contributed by atoms with Gasteiger partial charge in [-0.05, 0) is 12.1 Å². The maximum atomic E-state index is 12.8. The molecule has 0 spiro atoms. The molecule has 0 radical (unpaired) electrons. The molecule has 1 rings (SSSR count). The molecule has 12 heavy (non-hydrogen) atoms. The number of hydrogen-bond donors (Lipinski definition) is 1. The van der Waals surface area contributed by atoms with E-state index < -0.39 is 17.9 Å². The topological polar surface area (TPSA) is 29.5 Å². The lowest BCUT2D eigenvalue weighted by Crippen LogP contribution is -2.02. The van der Waals surface area contributed by atoms with Crippen LogP contribution >= 0.6 is 0 Å². The van der Waals surface area contributed by atoms with E-state index in [0.29, 0.717) is 6.07 Å². The fraction of sp³-hybridized carbons (Fsp3) is 0.250. The van der Waals surface area contributed by atoms with Crippen LogP contribution in [0.15, 0.2) is 18.2 Å². The van der Waals surface area contributed by atoms with Gasteiger partial charge in [-0.15, -0.1) is 0 Å². The van der Waals surface area contributed by atoms with E-state index in [9.17, 15) is 8.78 Å². The van der Waals surface area contributed by atoms with E-state index in [4.69, 9.17) is 5.11 Å². The molecule has 2 nitrogen and oxygen atoms in total. The summed E-state index contributed by atoms with van der Waals surface area (Å²) in [6.45, 7) is 0. The number of benzene rings is 1. The van der Waals surface area contributed by atoms with Crippen LogP contribution in [0.2, 0.25) is 0 Å². The number of methoxy groups -OCH3 is 1. The van der Waals surface area contributed by atoms with Crippen molar-refractivity contribution in [3.05, 3.63) is 35.4 Å². The number of aliphatic hydroxyl groups excluding tert-OH is 1. The highest BCUT2D eigenvalue weighted by atomic mass is 19.1. The first-order valence-electron chi connectivity index (χ1n) is 3.31. The van der Waals surface area contributed by atoms with Crippen molar-refractivity contribution < 1.29 is 18.6 Å². The Morgan fingerprint density at radius 1 is 1.42 bits per heavy atom. The monoisotopic (exact) mass is 174 g/mol. The van der Waals surface area contributed by atoms with E-state index in [1.807, 2.05) is 0 Å². The van der Waals surface area contributed by atoms with Gasteiger partial charge in [-0.3, -0.25) is 0 Å². The van der Waals surface area contributed by atoms with Gasteiger partial charge in [0.15, 0.2) is 6.29 Å². The molecule has 0 aromatic heterocycles. The Labute approximate surface area is 68.4 Å². The van der Waals surface area contributed by atoms with Crippen molar-refractivity contribution in [2.24, 2.45) is 0 Å². The Kier molecular flexibility index (Phi) is 2.73. The summed E-state index contributed by atoms with van der Waals surface area (Å²) in [6.07, 6.45) is -1.34. The van der Waals surface area contributed by atoms with Crippen LogP contribution in [0, 0.1) is 11.6 Å². The number of aliphatic hydroxyl groups is 1. The Bertz CT molecular complexity index is 276. The Morgan fingerprint density at radius 3 is 2.58 bits per heavy atom. The summed E-state index contributed by atoms with van der Waals surface area (Å²) < 4.78 is 29.6. The first kappa shape index (κ1) is 9.09. The number of ether oxygens (including phenoxy) is 1. The highest BCUT2D eigenvalue weighted by Crippen LogP contribution is 2.17. The van der Waals surface area contributed by atoms with Crippen molar-refractivity contribution in [2.75, 3.05) is 7.11 Å². The van der Waals surface area contributed by atoms with E-state index in [-0.39, 0.29) is 5.56 Å². The summed E-state index contributed by atoms with van der Waals surface area (Å²) in [5.74, 6) is -1.50. The third-order valence-corrected chi connectivity index (χ3v) is 1.45. The second-order valence-electron chi connectivity index (χ2n) is 2.25. The van der Waals surface area contributed by atoms with Crippen molar-refractivity contribution in [1.82, 2.24) is 0 Å². The van der Waals surface area contributed by atoms with Gasteiger partial charge in [-0.2, -0.15) is 0 Å². The third kappa shape index (κ3) is 1.78. The molecule has 0 saturated heterocycles. The van der Waals surface area contributed by atoms with Gasteiger partial charge in [0.2, 0.25) is 0 Å². The summed E-state index contributed by atoms with van der Waals surface area (Å²) in [7, 11) is 1.23. The molecular formula is C8H8F2O2. The minimum Gasteiger partial charge on any atom is -0.364 e. The number of hydrogen-bond acceptors (Lipinski definition) is 2. The number of halogens is 2. The minimum absolute atomic E-state index is 0.0705. The maximum Gasteiger partial charge on any atom is 0.183 e. The molecule has 4 heteroatoms. The molecule has 1 unspecified atom stereocenters. The van der Waals surface area contributed by atoms with Crippen LogP contribution in [0.4, 0.5) is 8.78 Å². The molecule has 0 aliphatic rings. The molecule has 1 aromatic carbocycles. The lowest BCUT2D eigenvalue weighted by Gasteiger charge is -2.08. The quantitative estimate of drug-likeness (QED) is 0.690. The summed E-state index contributed by atoms with van der Waals surface area (Å²) in [5, 5.41) is 9.02. The molecule has 0 heterocycles.